The fourth-order valence-electron chi connectivity index (χ4n) is 2.68. The predicted octanol–water partition coefficient (Wildman–Crippen LogP) is 4.72. The summed E-state index contributed by atoms with van der Waals surface area (Å²) in [4.78, 5) is 0. The highest BCUT2D eigenvalue weighted by Crippen LogP contribution is 2.22. The normalized spacial score (nSPS) is 10.6. The van der Waals surface area contributed by atoms with Gasteiger partial charge in [-0.15, -0.1) is 0 Å². The molecule has 0 fully saturated rings. The predicted molar refractivity (Wildman–Crippen MR) is 96.3 cm³/mol. The summed E-state index contributed by atoms with van der Waals surface area (Å²) in [6.45, 7) is 0. The third-order valence-electron chi connectivity index (χ3n) is 3.89. The van der Waals surface area contributed by atoms with Crippen LogP contribution in [0.2, 0.25) is 0 Å². The Morgan fingerprint density at radius 3 is 1.39 bits per heavy atom. The van der Waals surface area contributed by atoms with Gasteiger partial charge in [0.25, 0.3) is 0 Å². The van der Waals surface area contributed by atoms with Crippen LogP contribution >= 0.6 is 0 Å². The highest BCUT2D eigenvalue weighted by molar-refractivity contribution is 6.21. The molecule has 0 saturated heterocycles. The van der Waals surface area contributed by atoms with Gasteiger partial charge in [0.1, 0.15) is 11.5 Å². The molecule has 0 atom stereocenters. The molecular formula is C20H15BO2. The minimum absolute atomic E-state index is 0.191. The zero-order chi connectivity index (χ0) is 15.5. The molecule has 0 radical (unpaired) electrons. The first kappa shape index (κ1) is 13.7. The second kappa shape index (κ2) is 6.05. The molecule has 0 N–H and O–H groups in total. The number of fused-ring (bicyclic) bond motifs is 2. The Morgan fingerprint density at radius 1 is 0.478 bits per heavy atom. The first-order chi connectivity index (χ1) is 11.4. The molecule has 0 bridgehead atoms. The van der Waals surface area contributed by atoms with Crippen LogP contribution in [-0.4, -0.2) is 7.69 Å². The van der Waals surface area contributed by atoms with Gasteiger partial charge in [-0.2, -0.15) is 0 Å². The molecule has 0 saturated carbocycles. The molecule has 0 amide bonds. The average molecular weight is 298 g/mol. The van der Waals surface area contributed by atoms with Crippen molar-refractivity contribution < 1.29 is 9.31 Å². The number of hydrogen-bond acceptors (Lipinski definition) is 2. The van der Waals surface area contributed by atoms with E-state index in [-0.39, 0.29) is 7.69 Å². The molecule has 0 aliphatic heterocycles. The minimum atomic E-state index is 0.191. The van der Waals surface area contributed by atoms with Crippen LogP contribution in [0.3, 0.4) is 0 Å². The number of benzene rings is 4. The molecule has 4 aromatic rings. The molecule has 4 aromatic carbocycles. The van der Waals surface area contributed by atoms with Crippen LogP contribution in [0, 0.1) is 0 Å². The number of hydrogen-bond donors (Lipinski definition) is 0. The van der Waals surface area contributed by atoms with Crippen molar-refractivity contribution in [2.75, 3.05) is 0 Å². The average Bonchev–Trinajstić information content (AvgIpc) is 2.61. The van der Waals surface area contributed by atoms with Gasteiger partial charge in [0.05, 0.1) is 0 Å². The van der Waals surface area contributed by atoms with Gasteiger partial charge < -0.3 is 9.31 Å². The first-order valence-electron chi connectivity index (χ1n) is 7.62. The molecule has 0 aromatic heterocycles. The SMILES string of the molecule is B(Oc1ccc2ccccc2c1)Oc1ccc2ccccc2c1. The van der Waals surface area contributed by atoms with Crippen LogP contribution in [-0.2, 0) is 0 Å². The van der Waals surface area contributed by atoms with E-state index < -0.39 is 0 Å². The topological polar surface area (TPSA) is 18.5 Å². The summed E-state index contributed by atoms with van der Waals surface area (Å²) >= 11 is 0. The summed E-state index contributed by atoms with van der Waals surface area (Å²) in [5, 5.41) is 4.73. The molecule has 2 nitrogen and oxygen atoms in total. The van der Waals surface area contributed by atoms with Crippen molar-refractivity contribution in [2.45, 2.75) is 0 Å². The largest absolute Gasteiger partial charge is 0.576 e. The van der Waals surface area contributed by atoms with Gasteiger partial charge in [-0.25, -0.2) is 0 Å². The van der Waals surface area contributed by atoms with Gasteiger partial charge in [-0.1, -0.05) is 60.7 Å². The fraction of sp³-hybridized carbons (Fsp3) is 0. The highest BCUT2D eigenvalue weighted by atomic mass is 16.6. The van der Waals surface area contributed by atoms with Crippen LogP contribution in [0.4, 0.5) is 0 Å². The van der Waals surface area contributed by atoms with Crippen molar-refractivity contribution in [1.82, 2.24) is 0 Å². The van der Waals surface area contributed by atoms with Crippen LogP contribution in [0.5, 0.6) is 11.5 Å². The van der Waals surface area contributed by atoms with Gasteiger partial charge in [-0.05, 0) is 45.8 Å². The van der Waals surface area contributed by atoms with Crippen molar-refractivity contribution in [3.8, 4) is 11.5 Å². The van der Waals surface area contributed by atoms with E-state index in [2.05, 4.69) is 36.4 Å². The van der Waals surface area contributed by atoms with Gasteiger partial charge in [0.2, 0.25) is 0 Å². The highest BCUT2D eigenvalue weighted by Gasteiger charge is 2.02. The minimum Gasteiger partial charge on any atom is -0.529 e. The maximum atomic E-state index is 5.71. The Morgan fingerprint density at radius 2 is 0.913 bits per heavy atom. The monoisotopic (exact) mass is 298 g/mol. The van der Waals surface area contributed by atoms with E-state index >= 15 is 0 Å². The van der Waals surface area contributed by atoms with E-state index in [1.54, 1.807) is 0 Å². The second-order valence-corrected chi connectivity index (χ2v) is 5.42. The van der Waals surface area contributed by atoms with Crippen molar-refractivity contribution in [2.24, 2.45) is 0 Å². The third-order valence-corrected chi connectivity index (χ3v) is 3.89. The van der Waals surface area contributed by atoms with E-state index in [4.69, 9.17) is 9.31 Å². The molecule has 23 heavy (non-hydrogen) atoms. The molecule has 0 aliphatic rings. The molecule has 0 heterocycles. The first-order valence-corrected chi connectivity index (χ1v) is 7.62. The Hall–Kier alpha value is -2.94. The summed E-state index contributed by atoms with van der Waals surface area (Å²) in [7, 11) is 0.191. The van der Waals surface area contributed by atoms with E-state index in [9.17, 15) is 0 Å². The lowest BCUT2D eigenvalue weighted by molar-refractivity contribution is 0.460. The zero-order valence-corrected chi connectivity index (χ0v) is 12.6. The van der Waals surface area contributed by atoms with E-state index in [1.807, 2.05) is 48.5 Å². The maximum Gasteiger partial charge on any atom is 0.576 e. The zero-order valence-electron chi connectivity index (χ0n) is 12.6. The van der Waals surface area contributed by atoms with E-state index in [0.29, 0.717) is 0 Å². The number of rotatable bonds is 4. The fourth-order valence-corrected chi connectivity index (χ4v) is 2.68. The van der Waals surface area contributed by atoms with Gasteiger partial charge in [-0.3, -0.25) is 0 Å². The Labute approximate surface area is 135 Å². The Bertz CT molecular complexity index is 886. The summed E-state index contributed by atoms with van der Waals surface area (Å²) in [5.41, 5.74) is 0. The van der Waals surface area contributed by atoms with E-state index in [0.717, 1.165) is 22.3 Å². The van der Waals surface area contributed by atoms with Gasteiger partial charge >= 0.3 is 7.69 Å². The van der Waals surface area contributed by atoms with Crippen LogP contribution in [0.1, 0.15) is 0 Å². The lowest BCUT2D eigenvalue weighted by Crippen LogP contribution is -2.10. The molecule has 0 aliphatic carbocycles. The summed E-state index contributed by atoms with van der Waals surface area (Å²) < 4.78 is 11.4. The van der Waals surface area contributed by atoms with Crippen molar-refractivity contribution >= 4 is 29.2 Å². The smallest absolute Gasteiger partial charge is 0.529 e. The summed E-state index contributed by atoms with van der Waals surface area (Å²) in [6, 6.07) is 28.5. The summed E-state index contributed by atoms with van der Waals surface area (Å²) in [6.07, 6.45) is 0. The van der Waals surface area contributed by atoms with Crippen LogP contribution in [0.15, 0.2) is 84.9 Å². The standard InChI is InChI=1S/C20H15BO2/c1-3-7-17-13-19(11-9-15(17)5-1)22-21-23-20-12-10-16-6-2-4-8-18(16)14-20/h1-14,21H. The molecule has 4 rings (SSSR count). The van der Waals surface area contributed by atoms with Crippen LogP contribution in [0.25, 0.3) is 21.5 Å². The van der Waals surface area contributed by atoms with Crippen molar-refractivity contribution in [3.05, 3.63) is 84.9 Å². The lowest BCUT2D eigenvalue weighted by Gasteiger charge is -2.09. The third kappa shape index (κ3) is 2.99. The van der Waals surface area contributed by atoms with Gasteiger partial charge in [0.15, 0.2) is 0 Å². The Balaban J connectivity index is 1.45. The second-order valence-electron chi connectivity index (χ2n) is 5.42. The molecule has 0 spiro atoms. The molecule has 0 unspecified atom stereocenters. The molecule has 110 valence electrons. The molecular weight excluding hydrogens is 283 g/mol. The van der Waals surface area contributed by atoms with E-state index in [1.165, 1.54) is 10.8 Å². The Kier molecular flexibility index (Phi) is 3.61. The molecule has 3 heteroatoms. The van der Waals surface area contributed by atoms with Gasteiger partial charge in [0, 0.05) is 0 Å². The van der Waals surface area contributed by atoms with Crippen LogP contribution < -0.4 is 9.31 Å². The summed E-state index contributed by atoms with van der Waals surface area (Å²) in [5.74, 6) is 1.62. The lowest BCUT2D eigenvalue weighted by atomic mass is 10.1. The quantitative estimate of drug-likeness (QED) is 0.508. The van der Waals surface area contributed by atoms with Crippen molar-refractivity contribution in [3.63, 3.8) is 0 Å². The van der Waals surface area contributed by atoms with Crippen molar-refractivity contribution in [1.29, 1.82) is 0 Å². The maximum absolute atomic E-state index is 5.71.